The van der Waals surface area contributed by atoms with E-state index in [9.17, 15) is 84.2 Å². The fraction of sp³-hybridized carbons (Fsp3) is 0.692. The summed E-state index contributed by atoms with van der Waals surface area (Å²) in [7, 11) is 0. The van der Waals surface area contributed by atoms with Gasteiger partial charge in [0.25, 0.3) is 0 Å². The van der Waals surface area contributed by atoms with Gasteiger partial charge in [-0.3, -0.25) is 0 Å². The lowest BCUT2D eigenvalue weighted by atomic mass is 9.88. The molecule has 0 fully saturated rings. The second-order valence-electron chi connectivity index (χ2n) is 11.4. The number of alkyl halides is 17. The summed E-state index contributed by atoms with van der Waals surface area (Å²) < 4.78 is 238. The molecule has 1 atom stereocenters. The highest BCUT2D eigenvalue weighted by atomic mass is 19.4. The predicted molar refractivity (Wildman–Crippen MR) is 129 cm³/mol. The first-order valence-electron chi connectivity index (χ1n) is 13.0. The first-order chi connectivity index (χ1) is 21.0. The smallest absolute Gasteiger partial charge is 0.460 e. The minimum Gasteiger partial charge on any atom is -0.464 e. The summed E-state index contributed by atoms with van der Waals surface area (Å²) in [6, 6.07) is 2.49. The summed E-state index contributed by atoms with van der Waals surface area (Å²) in [5, 5.41) is 1.95. The SMILES string of the molecule is Cc1ccc(CC(NC(=O)OC(C)(C)C)C(=O)OCCC(F)(F)C(F)(F)C(F)(F)C(F)(F)C(F)(F)C(F)(F)C(F)(F)C(F)(F)F)cc1C. The maximum Gasteiger partial charge on any atom is 0.460 e. The average molecular weight is 739 g/mol. The van der Waals surface area contributed by atoms with Crippen LogP contribution in [0.3, 0.4) is 0 Å². The number of hydrogen-bond donors (Lipinski definition) is 1. The molecule has 1 amide bonds. The fourth-order valence-corrected chi connectivity index (χ4v) is 3.54. The molecule has 5 nitrogen and oxygen atoms in total. The molecule has 278 valence electrons. The monoisotopic (exact) mass is 739 g/mol. The largest absolute Gasteiger partial charge is 0.464 e. The Balaban J connectivity index is 3.32. The van der Waals surface area contributed by atoms with E-state index >= 15 is 0 Å². The van der Waals surface area contributed by atoms with E-state index in [-0.39, 0.29) is 5.56 Å². The number of alkyl carbamates (subject to hydrolysis) is 1. The van der Waals surface area contributed by atoms with Crippen LogP contribution in [0.2, 0.25) is 0 Å². The van der Waals surface area contributed by atoms with Crippen molar-refractivity contribution >= 4 is 12.1 Å². The Morgan fingerprint density at radius 1 is 0.667 bits per heavy atom. The van der Waals surface area contributed by atoms with Crippen LogP contribution in [-0.4, -0.2) is 77.9 Å². The first kappa shape index (κ1) is 42.8. The van der Waals surface area contributed by atoms with E-state index in [0.717, 1.165) is 5.56 Å². The Morgan fingerprint density at radius 3 is 1.52 bits per heavy atom. The second kappa shape index (κ2) is 13.2. The van der Waals surface area contributed by atoms with Crippen molar-refractivity contribution in [3.8, 4) is 0 Å². The molecule has 0 radical (unpaired) electrons. The maximum absolute atomic E-state index is 14.2. The van der Waals surface area contributed by atoms with Gasteiger partial charge < -0.3 is 14.8 Å². The van der Waals surface area contributed by atoms with Gasteiger partial charge >= 0.3 is 59.7 Å². The van der Waals surface area contributed by atoms with Gasteiger partial charge in [0.2, 0.25) is 0 Å². The van der Waals surface area contributed by atoms with E-state index < -0.39 is 90.8 Å². The molecule has 0 bridgehead atoms. The van der Waals surface area contributed by atoms with Crippen molar-refractivity contribution in [2.45, 2.75) is 107 Å². The minimum absolute atomic E-state index is 0.253. The van der Waals surface area contributed by atoms with Crippen LogP contribution < -0.4 is 5.32 Å². The van der Waals surface area contributed by atoms with Gasteiger partial charge in [-0.25, -0.2) is 9.59 Å². The number of carbonyl (C=O) groups excluding carboxylic acids is 2. The molecule has 1 aromatic rings. The Morgan fingerprint density at radius 2 is 1.10 bits per heavy atom. The lowest BCUT2D eigenvalue weighted by Gasteiger charge is -2.42. The number of rotatable bonds is 13. The molecule has 0 saturated heterocycles. The van der Waals surface area contributed by atoms with Crippen LogP contribution in [0.4, 0.5) is 79.4 Å². The van der Waals surface area contributed by atoms with Crippen LogP contribution in [0.1, 0.15) is 43.9 Å². The van der Waals surface area contributed by atoms with Gasteiger partial charge in [0.05, 0.1) is 13.0 Å². The molecule has 1 aromatic carbocycles. The van der Waals surface area contributed by atoms with E-state index in [1.165, 1.54) is 39.0 Å². The highest BCUT2D eigenvalue weighted by molar-refractivity contribution is 5.81. The molecule has 0 heterocycles. The van der Waals surface area contributed by atoms with Crippen molar-refractivity contribution < 1.29 is 93.7 Å². The van der Waals surface area contributed by atoms with Crippen molar-refractivity contribution in [3.05, 3.63) is 34.9 Å². The van der Waals surface area contributed by atoms with Gasteiger partial charge in [-0.05, 0) is 51.3 Å². The zero-order valence-electron chi connectivity index (χ0n) is 25.0. The van der Waals surface area contributed by atoms with Crippen molar-refractivity contribution in [3.63, 3.8) is 0 Å². The minimum atomic E-state index is -8.75. The topological polar surface area (TPSA) is 64.6 Å². The lowest BCUT2D eigenvalue weighted by Crippen LogP contribution is -2.74. The zero-order valence-corrected chi connectivity index (χ0v) is 25.0. The highest BCUT2D eigenvalue weighted by Crippen LogP contribution is 2.64. The van der Waals surface area contributed by atoms with Crippen molar-refractivity contribution in [1.82, 2.24) is 5.32 Å². The van der Waals surface area contributed by atoms with E-state index in [2.05, 4.69) is 4.74 Å². The third kappa shape index (κ3) is 7.97. The molecule has 0 spiro atoms. The third-order valence-corrected chi connectivity index (χ3v) is 6.43. The Bertz CT molecular complexity index is 1320. The molecular formula is C26H26F17NO4. The number of ether oxygens (including phenoxy) is 2. The predicted octanol–water partition coefficient (Wildman–Crippen LogP) is 8.68. The number of carbonyl (C=O) groups is 2. The van der Waals surface area contributed by atoms with E-state index in [4.69, 9.17) is 4.74 Å². The zero-order chi connectivity index (χ0) is 38.3. The number of aryl methyl sites for hydroxylation is 2. The first-order valence-corrected chi connectivity index (χ1v) is 13.0. The van der Waals surface area contributed by atoms with E-state index in [0.29, 0.717) is 5.56 Å². The third-order valence-electron chi connectivity index (χ3n) is 6.43. The fourth-order valence-electron chi connectivity index (χ4n) is 3.54. The van der Waals surface area contributed by atoms with Crippen LogP contribution in [0.15, 0.2) is 18.2 Å². The molecular weight excluding hydrogens is 713 g/mol. The molecule has 1 rings (SSSR count). The molecule has 0 aliphatic carbocycles. The van der Waals surface area contributed by atoms with Crippen LogP contribution in [0.25, 0.3) is 0 Å². The number of benzene rings is 1. The number of amides is 1. The summed E-state index contributed by atoms with van der Waals surface area (Å²) in [5.41, 5.74) is 0.424. The molecule has 1 unspecified atom stereocenters. The van der Waals surface area contributed by atoms with Crippen molar-refractivity contribution in [2.75, 3.05) is 6.61 Å². The van der Waals surface area contributed by atoms with Crippen LogP contribution in [0, 0.1) is 13.8 Å². The summed E-state index contributed by atoms with van der Waals surface area (Å²) in [4.78, 5) is 24.8. The summed E-state index contributed by atoms with van der Waals surface area (Å²) in [6.07, 6.45) is -12.7. The number of esters is 1. The van der Waals surface area contributed by atoms with Crippen molar-refractivity contribution in [1.29, 1.82) is 0 Å². The number of halogens is 17. The standard InChI is InChI=1S/C26H26F17NO4/c1-12-6-7-14(10-13(12)2)11-15(44-17(46)48-18(3,4)5)16(45)47-9-8-19(27,28)20(29,30)21(31,32)22(33,34)23(35,36)24(37,38)25(39,40)26(41,42)43/h6-7,10,15H,8-9,11H2,1-5H3,(H,44,46). The average Bonchev–Trinajstić information content (AvgIpc) is 2.87. The quantitative estimate of drug-likeness (QED) is 0.163. The van der Waals surface area contributed by atoms with E-state index in [1.54, 1.807) is 13.8 Å². The molecule has 1 N–H and O–H groups in total. The highest BCUT2D eigenvalue weighted by Gasteiger charge is 2.95. The van der Waals surface area contributed by atoms with Gasteiger partial charge in [-0.15, -0.1) is 0 Å². The molecule has 22 heteroatoms. The van der Waals surface area contributed by atoms with Gasteiger partial charge in [-0.1, -0.05) is 18.2 Å². The molecule has 0 aromatic heterocycles. The summed E-state index contributed by atoms with van der Waals surface area (Å²) in [6.45, 7) is 5.22. The Kier molecular flexibility index (Phi) is 11.8. The van der Waals surface area contributed by atoms with Crippen LogP contribution in [-0.2, 0) is 20.7 Å². The summed E-state index contributed by atoms with van der Waals surface area (Å²) in [5.74, 6) is -59.2. The van der Waals surface area contributed by atoms with Gasteiger partial charge in [0.1, 0.15) is 11.6 Å². The normalized spacial score (nSPS) is 15.2. The second-order valence-corrected chi connectivity index (χ2v) is 11.4. The molecule has 0 saturated carbocycles. The van der Waals surface area contributed by atoms with Crippen molar-refractivity contribution in [2.24, 2.45) is 0 Å². The van der Waals surface area contributed by atoms with Crippen LogP contribution in [0.5, 0.6) is 0 Å². The molecule has 48 heavy (non-hydrogen) atoms. The Labute approximate surface area is 260 Å². The van der Waals surface area contributed by atoms with Gasteiger partial charge in [0, 0.05) is 6.42 Å². The van der Waals surface area contributed by atoms with Gasteiger partial charge in [0.15, 0.2) is 0 Å². The molecule has 0 aliphatic heterocycles. The maximum atomic E-state index is 14.2. The number of hydrogen-bond acceptors (Lipinski definition) is 4. The molecule has 0 aliphatic rings. The summed E-state index contributed by atoms with van der Waals surface area (Å²) >= 11 is 0. The number of nitrogens with one attached hydrogen (secondary N) is 1. The Hall–Kier alpha value is -3.23. The van der Waals surface area contributed by atoms with Gasteiger partial charge in [-0.2, -0.15) is 74.6 Å². The van der Waals surface area contributed by atoms with E-state index in [1.807, 2.05) is 5.32 Å². The lowest BCUT2D eigenvalue weighted by molar-refractivity contribution is -0.461. The van der Waals surface area contributed by atoms with Crippen LogP contribution >= 0.6 is 0 Å².